The maximum absolute atomic E-state index is 2.86. The first-order valence-electron chi connectivity index (χ1n) is 8.06. The van der Waals surface area contributed by atoms with Gasteiger partial charge in [-0.3, -0.25) is 0 Å². The van der Waals surface area contributed by atoms with Crippen LogP contribution in [0.4, 0.5) is 0 Å². The van der Waals surface area contributed by atoms with Gasteiger partial charge in [0.15, 0.2) is 0 Å². The van der Waals surface area contributed by atoms with Gasteiger partial charge in [0, 0.05) is 44.1 Å². The van der Waals surface area contributed by atoms with Crippen LogP contribution in [0.25, 0.3) is 0 Å². The Hall–Kier alpha value is 1.30. The van der Waals surface area contributed by atoms with Crippen molar-refractivity contribution in [2.75, 3.05) is 0 Å². The lowest BCUT2D eigenvalue weighted by atomic mass is 10.4. The molecule has 1 fully saturated rings. The second kappa shape index (κ2) is 5.19. The smallest absolute Gasteiger partial charge is 0.0307 e. The monoisotopic (exact) mass is 360 g/mol. The quantitative estimate of drug-likeness (QED) is 0.638. The Bertz CT molecular complexity index is 347. The second-order valence-electron chi connectivity index (χ2n) is 9.06. The van der Waals surface area contributed by atoms with E-state index in [2.05, 4.69) is 65.8 Å². The number of rotatable bonds is 3. The first-order chi connectivity index (χ1) is 8.27. The summed E-state index contributed by atoms with van der Waals surface area (Å²) in [4.78, 5) is 0. The SMILES string of the molecule is CCCC[Si]1(C)[Si][Si](C)(C)[Si](C)(C)[Si](C)(C)[Si]1(C)C. The van der Waals surface area contributed by atoms with E-state index < -0.39 is 35.5 Å². The molecule has 0 N–H and O–H groups in total. The molecule has 0 spiro atoms. The van der Waals surface area contributed by atoms with Crippen molar-refractivity contribution in [2.24, 2.45) is 0 Å². The Kier molecular flexibility index (Phi) is 5.01. The minimum atomic E-state index is -0.958. The first kappa shape index (κ1) is 18.4. The second-order valence-corrected chi connectivity index (χ2v) is 72.6. The molecule has 0 bridgehead atoms. The average Bonchev–Trinajstić information content (AvgIpc) is 2.23. The summed E-state index contributed by atoms with van der Waals surface area (Å²) in [5, 5.41) is 0. The van der Waals surface area contributed by atoms with Gasteiger partial charge in [0.25, 0.3) is 0 Å². The van der Waals surface area contributed by atoms with Gasteiger partial charge in [0.05, 0.1) is 0 Å². The van der Waals surface area contributed by atoms with Crippen LogP contribution in [-0.2, 0) is 0 Å². The van der Waals surface area contributed by atoms with E-state index in [0.717, 1.165) is 0 Å². The molecule has 19 heavy (non-hydrogen) atoms. The predicted molar refractivity (Wildman–Crippen MR) is 107 cm³/mol. The Morgan fingerprint density at radius 1 is 0.684 bits per heavy atom. The highest BCUT2D eigenvalue weighted by atomic mass is 30.2. The van der Waals surface area contributed by atoms with Crippen LogP contribution >= 0.6 is 0 Å². The fraction of sp³-hybridized carbons (Fsp3) is 1.00. The normalized spacial score (nSPS) is 35.1. The summed E-state index contributed by atoms with van der Waals surface area (Å²) in [5.74, 6) is 0. The molecule has 0 aromatic rings. The van der Waals surface area contributed by atoms with Crippen LogP contribution in [0.15, 0.2) is 0 Å². The van der Waals surface area contributed by atoms with Crippen molar-refractivity contribution in [1.29, 1.82) is 0 Å². The molecular weight excluding hydrogens is 325 g/mol. The van der Waals surface area contributed by atoms with Crippen molar-refractivity contribution >= 4 is 44.1 Å². The van der Waals surface area contributed by atoms with E-state index in [1.807, 2.05) is 0 Å². The van der Waals surface area contributed by atoms with E-state index in [-0.39, 0.29) is 0 Å². The van der Waals surface area contributed by atoms with Crippen LogP contribution in [-0.4, -0.2) is 44.1 Å². The third-order valence-corrected chi connectivity index (χ3v) is 134. The van der Waals surface area contributed by atoms with Crippen LogP contribution in [0.1, 0.15) is 19.8 Å². The number of unbranched alkanes of at least 4 members (excludes halogenated alkanes) is 1. The summed E-state index contributed by atoms with van der Waals surface area (Å²) in [6.07, 6.45) is 2.95. The lowest BCUT2D eigenvalue weighted by Crippen LogP contribution is -2.94. The zero-order valence-electron chi connectivity index (χ0n) is 15.1. The molecule has 1 rings (SSSR count). The first-order valence-corrected chi connectivity index (χ1v) is 29.8. The molecule has 0 aliphatic carbocycles. The van der Waals surface area contributed by atoms with Crippen molar-refractivity contribution in [2.45, 2.75) is 84.7 Å². The predicted octanol–water partition coefficient (Wildman–Crippen LogP) is 4.72. The van der Waals surface area contributed by atoms with E-state index in [1.54, 1.807) is 6.04 Å². The maximum atomic E-state index is 2.86. The summed E-state index contributed by atoms with van der Waals surface area (Å²) in [5.41, 5.74) is 0. The molecule has 0 aromatic carbocycles. The fourth-order valence-corrected chi connectivity index (χ4v) is 202. The molecule has 2 radical (unpaired) electrons. The molecule has 1 saturated heterocycles. The van der Waals surface area contributed by atoms with Gasteiger partial charge in [-0.1, -0.05) is 84.7 Å². The summed E-state index contributed by atoms with van der Waals surface area (Å²) >= 11 is 0. The fourth-order valence-electron chi connectivity index (χ4n) is 4.16. The molecule has 0 saturated carbocycles. The largest absolute Gasteiger partial charge is 0.0739 e. The summed E-state index contributed by atoms with van der Waals surface area (Å²) in [7, 11) is -3.16. The van der Waals surface area contributed by atoms with Gasteiger partial charge >= 0.3 is 0 Å². The summed E-state index contributed by atoms with van der Waals surface area (Å²) in [6, 6.07) is 1.68. The molecule has 1 aliphatic heterocycles. The molecule has 0 amide bonds. The van der Waals surface area contributed by atoms with Gasteiger partial charge in [-0.05, 0) is 0 Å². The molecule has 1 aliphatic rings. The van der Waals surface area contributed by atoms with Gasteiger partial charge in [-0.2, -0.15) is 0 Å². The Morgan fingerprint density at radius 2 is 1.16 bits per heavy atom. The van der Waals surface area contributed by atoms with Gasteiger partial charge in [-0.15, -0.1) is 0 Å². The van der Waals surface area contributed by atoms with Crippen LogP contribution in [0.5, 0.6) is 0 Å². The average molecular weight is 361 g/mol. The topological polar surface area (TPSA) is 0 Å². The molecular formula is C13H36Si6. The van der Waals surface area contributed by atoms with Crippen molar-refractivity contribution in [3.63, 3.8) is 0 Å². The van der Waals surface area contributed by atoms with Crippen molar-refractivity contribution in [1.82, 2.24) is 0 Å². The standard InChI is InChI=1S/C13H36Si6/c1-11-12-13-19(10)14-15(2,3)16(4,5)17(6,7)18(19,8)9/h11-13H2,1-10H3. The molecule has 1 heterocycles. The third kappa shape index (κ3) is 2.48. The van der Waals surface area contributed by atoms with Crippen LogP contribution in [0.2, 0.25) is 65.0 Å². The molecule has 0 nitrogen and oxygen atoms in total. The van der Waals surface area contributed by atoms with Crippen molar-refractivity contribution in [3.8, 4) is 0 Å². The molecule has 0 aromatic heterocycles. The highest BCUT2D eigenvalue weighted by Gasteiger charge is 2.69. The minimum Gasteiger partial charge on any atom is -0.0739 e. The molecule has 6 heteroatoms. The summed E-state index contributed by atoms with van der Waals surface area (Å²) in [6.45, 7) is 27.9. The van der Waals surface area contributed by atoms with Crippen LogP contribution < -0.4 is 0 Å². The highest BCUT2D eigenvalue weighted by molar-refractivity contribution is 8.08. The zero-order valence-corrected chi connectivity index (χ0v) is 21.1. The van der Waals surface area contributed by atoms with Crippen molar-refractivity contribution in [3.05, 3.63) is 0 Å². The zero-order chi connectivity index (χ0) is 15.3. The Balaban J connectivity index is 3.33. The van der Waals surface area contributed by atoms with E-state index in [1.165, 1.54) is 21.4 Å². The summed E-state index contributed by atoms with van der Waals surface area (Å²) < 4.78 is 0. The Morgan fingerprint density at radius 3 is 1.58 bits per heavy atom. The lowest BCUT2D eigenvalue weighted by Gasteiger charge is -2.66. The van der Waals surface area contributed by atoms with Gasteiger partial charge < -0.3 is 0 Å². The third-order valence-electron chi connectivity index (χ3n) is 7.69. The maximum Gasteiger partial charge on any atom is 0.0307 e. The van der Waals surface area contributed by atoms with E-state index in [0.29, 0.717) is 0 Å². The van der Waals surface area contributed by atoms with E-state index >= 15 is 0 Å². The van der Waals surface area contributed by atoms with Crippen LogP contribution in [0.3, 0.4) is 0 Å². The van der Waals surface area contributed by atoms with E-state index in [9.17, 15) is 0 Å². The van der Waals surface area contributed by atoms with Crippen molar-refractivity contribution < 1.29 is 0 Å². The lowest BCUT2D eigenvalue weighted by molar-refractivity contribution is 0.875. The van der Waals surface area contributed by atoms with Crippen LogP contribution in [0, 0.1) is 0 Å². The molecule has 1 atom stereocenters. The van der Waals surface area contributed by atoms with Gasteiger partial charge in [0.1, 0.15) is 0 Å². The van der Waals surface area contributed by atoms with Gasteiger partial charge in [0.2, 0.25) is 0 Å². The minimum absolute atomic E-state index is 0.903. The highest BCUT2D eigenvalue weighted by Crippen LogP contribution is 2.45. The van der Waals surface area contributed by atoms with E-state index in [4.69, 9.17) is 0 Å². The molecule has 1 unspecified atom stereocenters. The van der Waals surface area contributed by atoms with Gasteiger partial charge in [-0.25, -0.2) is 0 Å². The Labute approximate surface area is 128 Å². The number of hydrogen-bond acceptors (Lipinski definition) is 0. The molecule has 112 valence electrons. The number of hydrogen-bond donors (Lipinski definition) is 0.